The highest BCUT2D eigenvalue weighted by atomic mass is 16.2. The van der Waals surface area contributed by atoms with Crippen molar-refractivity contribution < 1.29 is 4.79 Å². The van der Waals surface area contributed by atoms with Crippen molar-refractivity contribution in [1.82, 2.24) is 20.0 Å². The summed E-state index contributed by atoms with van der Waals surface area (Å²) in [6.45, 7) is 4.19. The molecule has 0 saturated carbocycles. The second-order valence-electron chi connectivity index (χ2n) is 4.22. The number of unbranched alkanes of at least 4 members (excludes halogenated alkanes) is 1. The largest absolute Gasteiger partial charge is 0.338 e. The predicted octanol–water partition coefficient (Wildman–Crippen LogP) is 1.25. The fraction of sp³-hybridized carbons (Fsp3) is 0.636. The fourth-order valence-electron chi connectivity index (χ4n) is 1.92. The van der Waals surface area contributed by atoms with E-state index in [9.17, 15) is 4.79 Å². The standard InChI is InChI=1S/C11H18N4O/c1-3-4-5-12-11(16)15-7-9-6-14(2)13-10(9)8-15/h6H,3-5,7-8H2,1-2H3,(H,12,16). The van der Waals surface area contributed by atoms with E-state index in [4.69, 9.17) is 0 Å². The number of aromatic nitrogens is 2. The summed E-state index contributed by atoms with van der Waals surface area (Å²) in [6.07, 6.45) is 4.11. The summed E-state index contributed by atoms with van der Waals surface area (Å²) < 4.78 is 1.80. The van der Waals surface area contributed by atoms with Crippen LogP contribution in [-0.4, -0.2) is 27.3 Å². The van der Waals surface area contributed by atoms with Gasteiger partial charge in [-0.15, -0.1) is 0 Å². The topological polar surface area (TPSA) is 50.2 Å². The van der Waals surface area contributed by atoms with Crippen molar-refractivity contribution in [3.63, 3.8) is 0 Å². The van der Waals surface area contributed by atoms with Crippen LogP contribution in [-0.2, 0) is 20.1 Å². The van der Waals surface area contributed by atoms with E-state index >= 15 is 0 Å². The maximum atomic E-state index is 11.8. The van der Waals surface area contributed by atoms with Crippen LogP contribution in [0.1, 0.15) is 31.0 Å². The lowest BCUT2D eigenvalue weighted by molar-refractivity contribution is 0.197. The van der Waals surface area contributed by atoms with Crippen molar-refractivity contribution in [2.45, 2.75) is 32.9 Å². The molecule has 0 spiro atoms. The van der Waals surface area contributed by atoms with Crippen LogP contribution in [0.15, 0.2) is 6.20 Å². The molecule has 0 bridgehead atoms. The van der Waals surface area contributed by atoms with E-state index in [1.54, 1.807) is 9.58 Å². The Morgan fingerprint density at radius 2 is 2.38 bits per heavy atom. The first-order valence-electron chi connectivity index (χ1n) is 5.75. The van der Waals surface area contributed by atoms with Gasteiger partial charge in [0.05, 0.1) is 18.8 Å². The van der Waals surface area contributed by atoms with Crippen LogP contribution in [0.4, 0.5) is 4.79 Å². The van der Waals surface area contributed by atoms with Crippen LogP contribution >= 0.6 is 0 Å². The number of nitrogens with zero attached hydrogens (tertiary/aromatic N) is 3. The Morgan fingerprint density at radius 3 is 3.06 bits per heavy atom. The monoisotopic (exact) mass is 222 g/mol. The zero-order valence-electron chi connectivity index (χ0n) is 9.86. The van der Waals surface area contributed by atoms with Gasteiger partial charge in [0, 0.05) is 25.4 Å². The molecule has 1 aliphatic rings. The molecule has 1 N–H and O–H groups in total. The highest BCUT2D eigenvalue weighted by Gasteiger charge is 2.25. The number of aryl methyl sites for hydroxylation is 1. The van der Waals surface area contributed by atoms with Crippen molar-refractivity contribution in [3.8, 4) is 0 Å². The van der Waals surface area contributed by atoms with Gasteiger partial charge in [-0.25, -0.2) is 4.79 Å². The van der Waals surface area contributed by atoms with E-state index in [0.717, 1.165) is 30.6 Å². The molecule has 0 radical (unpaired) electrons. The van der Waals surface area contributed by atoms with Gasteiger partial charge in [-0.05, 0) is 6.42 Å². The average molecular weight is 222 g/mol. The molecule has 0 aliphatic carbocycles. The first kappa shape index (κ1) is 11.0. The number of carbonyl (C=O) groups excluding carboxylic acids is 1. The average Bonchev–Trinajstić information content (AvgIpc) is 2.74. The quantitative estimate of drug-likeness (QED) is 0.782. The summed E-state index contributed by atoms with van der Waals surface area (Å²) in [6, 6.07) is 0.0223. The Bertz CT molecular complexity index is 362. The number of hydrogen-bond donors (Lipinski definition) is 1. The van der Waals surface area contributed by atoms with Gasteiger partial charge in [-0.2, -0.15) is 5.10 Å². The highest BCUT2D eigenvalue weighted by Crippen LogP contribution is 2.20. The van der Waals surface area contributed by atoms with E-state index < -0.39 is 0 Å². The van der Waals surface area contributed by atoms with Gasteiger partial charge in [0.2, 0.25) is 0 Å². The van der Waals surface area contributed by atoms with E-state index in [2.05, 4.69) is 17.3 Å². The fourth-order valence-corrected chi connectivity index (χ4v) is 1.92. The minimum atomic E-state index is 0.0223. The highest BCUT2D eigenvalue weighted by molar-refractivity contribution is 5.74. The van der Waals surface area contributed by atoms with Crippen molar-refractivity contribution in [2.75, 3.05) is 6.54 Å². The first-order valence-corrected chi connectivity index (χ1v) is 5.75. The number of hydrogen-bond acceptors (Lipinski definition) is 2. The molecule has 5 heteroatoms. The number of carbonyl (C=O) groups is 1. The normalized spacial score (nSPS) is 14.0. The molecule has 2 amide bonds. The first-order chi connectivity index (χ1) is 7.70. The Balaban J connectivity index is 1.86. The molecule has 0 fully saturated rings. The van der Waals surface area contributed by atoms with Crippen molar-refractivity contribution in [3.05, 3.63) is 17.5 Å². The molecule has 88 valence electrons. The SMILES string of the molecule is CCCCNC(=O)N1Cc2cn(C)nc2C1. The molecule has 16 heavy (non-hydrogen) atoms. The van der Waals surface area contributed by atoms with Gasteiger partial charge in [0.25, 0.3) is 0 Å². The maximum absolute atomic E-state index is 11.8. The van der Waals surface area contributed by atoms with Crippen LogP contribution in [0.5, 0.6) is 0 Å². The zero-order valence-corrected chi connectivity index (χ0v) is 9.86. The Labute approximate surface area is 95.4 Å². The Kier molecular flexibility index (Phi) is 3.12. The minimum absolute atomic E-state index is 0.0223. The second kappa shape index (κ2) is 4.55. The number of urea groups is 1. The van der Waals surface area contributed by atoms with E-state index in [1.807, 2.05) is 13.2 Å². The molecule has 0 unspecified atom stereocenters. The second-order valence-corrected chi connectivity index (χ2v) is 4.22. The van der Waals surface area contributed by atoms with Crippen molar-refractivity contribution in [1.29, 1.82) is 0 Å². The van der Waals surface area contributed by atoms with Crippen LogP contribution in [0, 0.1) is 0 Å². The molecule has 0 saturated heterocycles. The number of amides is 2. The maximum Gasteiger partial charge on any atom is 0.318 e. The predicted molar refractivity (Wildman–Crippen MR) is 60.8 cm³/mol. The molecular formula is C11H18N4O. The molecule has 1 aromatic heterocycles. The van der Waals surface area contributed by atoms with Gasteiger partial charge in [-0.1, -0.05) is 13.3 Å². The van der Waals surface area contributed by atoms with Crippen LogP contribution < -0.4 is 5.32 Å². The van der Waals surface area contributed by atoms with Crippen molar-refractivity contribution >= 4 is 6.03 Å². The molecule has 5 nitrogen and oxygen atoms in total. The summed E-state index contributed by atoms with van der Waals surface area (Å²) in [5.41, 5.74) is 2.18. The molecular weight excluding hydrogens is 204 g/mol. The zero-order chi connectivity index (χ0) is 11.5. The van der Waals surface area contributed by atoms with Gasteiger partial charge in [-0.3, -0.25) is 4.68 Å². The molecule has 1 aromatic rings. The number of nitrogens with one attached hydrogen (secondary N) is 1. The Hall–Kier alpha value is -1.52. The summed E-state index contributed by atoms with van der Waals surface area (Å²) in [5, 5.41) is 7.23. The van der Waals surface area contributed by atoms with Gasteiger partial charge in [0.1, 0.15) is 0 Å². The molecule has 1 aliphatic heterocycles. The minimum Gasteiger partial charge on any atom is -0.338 e. The summed E-state index contributed by atoms with van der Waals surface area (Å²) in [7, 11) is 1.91. The third-order valence-electron chi connectivity index (χ3n) is 2.79. The van der Waals surface area contributed by atoms with E-state index in [0.29, 0.717) is 13.1 Å². The number of rotatable bonds is 3. The summed E-state index contributed by atoms with van der Waals surface area (Å²) in [4.78, 5) is 13.6. The lowest BCUT2D eigenvalue weighted by atomic mass is 10.3. The molecule has 0 aromatic carbocycles. The van der Waals surface area contributed by atoms with E-state index in [1.165, 1.54) is 0 Å². The van der Waals surface area contributed by atoms with Gasteiger partial charge >= 0.3 is 6.03 Å². The molecule has 2 rings (SSSR count). The van der Waals surface area contributed by atoms with Crippen LogP contribution in [0.3, 0.4) is 0 Å². The van der Waals surface area contributed by atoms with Crippen molar-refractivity contribution in [2.24, 2.45) is 7.05 Å². The number of fused-ring (bicyclic) bond motifs is 1. The lowest BCUT2D eigenvalue weighted by Gasteiger charge is -2.16. The van der Waals surface area contributed by atoms with Gasteiger partial charge < -0.3 is 10.2 Å². The van der Waals surface area contributed by atoms with Crippen LogP contribution in [0.25, 0.3) is 0 Å². The molecule has 2 heterocycles. The summed E-state index contributed by atoms with van der Waals surface area (Å²) >= 11 is 0. The summed E-state index contributed by atoms with van der Waals surface area (Å²) in [5.74, 6) is 0. The third kappa shape index (κ3) is 2.18. The lowest BCUT2D eigenvalue weighted by Crippen LogP contribution is -2.37. The van der Waals surface area contributed by atoms with E-state index in [-0.39, 0.29) is 6.03 Å². The van der Waals surface area contributed by atoms with Gasteiger partial charge in [0.15, 0.2) is 0 Å². The molecule has 0 atom stereocenters. The Morgan fingerprint density at radius 1 is 1.56 bits per heavy atom. The van der Waals surface area contributed by atoms with Crippen LogP contribution in [0.2, 0.25) is 0 Å². The smallest absolute Gasteiger partial charge is 0.318 e. The third-order valence-corrected chi connectivity index (χ3v) is 2.79.